The van der Waals surface area contributed by atoms with Crippen LogP contribution >= 0.6 is 0 Å². The van der Waals surface area contributed by atoms with Gasteiger partial charge in [0.05, 0.1) is 12.3 Å². The van der Waals surface area contributed by atoms with Gasteiger partial charge in [-0.2, -0.15) is 0 Å². The summed E-state index contributed by atoms with van der Waals surface area (Å²) in [4.78, 5) is 17.0. The van der Waals surface area contributed by atoms with E-state index in [0.29, 0.717) is 5.56 Å². The molecule has 0 aliphatic heterocycles. The van der Waals surface area contributed by atoms with Crippen LogP contribution in [-0.4, -0.2) is 17.5 Å². The Morgan fingerprint density at radius 1 is 0.931 bits per heavy atom. The summed E-state index contributed by atoms with van der Waals surface area (Å²) >= 11 is 0. The summed E-state index contributed by atoms with van der Waals surface area (Å²) in [6.07, 6.45) is 6.28. The van der Waals surface area contributed by atoms with Crippen LogP contribution in [0, 0.1) is 0 Å². The monoisotopic (exact) mass is 388 g/mol. The molecule has 1 N–H and O–H groups in total. The Balaban J connectivity index is 1.57. The fraction of sp³-hybridized carbons (Fsp3) is 0.280. The van der Waals surface area contributed by atoms with E-state index in [4.69, 9.17) is 4.74 Å². The highest BCUT2D eigenvalue weighted by molar-refractivity contribution is 6.04. The molecule has 1 aromatic heterocycles. The zero-order valence-electron chi connectivity index (χ0n) is 17.2. The van der Waals surface area contributed by atoms with Crippen LogP contribution in [0.25, 0.3) is 11.3 Å². The van der Waals surface area contributed by atoms with E-state index in [1.54, 1.807) is 0 Å². The average Bonchev–Trinajstić information content (AvgIpc) is 2.78. The summed E-state index contributed by atoms with van der Waals surface area (Å²) in [7, 11) is 0. The fourth-order valence-electron chi connectivity index (χ4n) is 2.98. The van der Waals surface area contributed by atoms with Crippen molar-refractivity contribution in [3.63, 3.8) is 0 Å². The number of aryl methyl sites for hydroxylation is 1. The molecule has 0 unspecified atom stereocenters. The Bertz CT molecular complexity index is 901. The van der Waals surface area contributed by atoms with Crippen LogP contribution in [0.4, 0.5) is 5.69 Å². The lowest BCUT2D eigenvalue weighted by atomic mass is 10.1. The highest BCUT2D eigenvalue weighted by Crippen LogP contribution is 2.20. The van der Waals surface area contributed by atoms with Crippen LogP contribution in [0.3, 0.4) is 0 Å². The largest absolute Gasteiger partial charge is 0.494 e. The lowest BCUT2D eigenvalue weighted by molar-refractivity contribution is 0.102. The number of carbonyl (C=O) groups excluding carboxylic acids is 1. The van der Waals surface area contributed by atoms with E-state index in [1.165, 1.54) is 18.4 Å². The van der Waals surface area contributed by atoms with Gasteiger partial charge < -0.3 is 10.1 Å². The van der Waals surface area contributed by atoms with Crippen molar-refractivity contribution in [1.82, 2.24) is 4.98 Å². The van der Waals surface area contributed by atoms with Gasteiger partial charge in [0, 0.05) is 23.0 Å². The van der Waals surface area contributed by atoms with Crippen LogP contribution in [0.15, 0.2) is 66.9 Å². The van der Waals surface area contributed by atoms with Crippen LogP contribution in [0.5, 0.6) is 5.75 Å². The highest BCUT2D eigenvalue weighted by atomic mass is 16.5. The van der Waals surface area contributed by atoms with E-state index in [-0.39, 0.29) is 5.91 Å². The molecule has 0 atom stereocenters. The molecule has 0 bridgehead atoms. The molecule has 0 aliphatic carbocycles. The van der Waals surface area contributed by atoms with E-state index in [1.807, 2.05) is 60.8 Å². The van der Waals surface area contributed by atoms with Gasteiger partial charge in [0.15, 0.2) is 0 Å². The Kier molecular flexibility index (Phi) is 7.40. The topological polar surface area (TPSA) is 51.2 Å². The number of benzene rings is 2. The number of unbranched alkanes of at least 4 members (excludes halogenated alkanes) is 2. The predicted molar refractivity (Wildman–Crippen MR) is 118 cm³/mol. The first kappa shape index (κ1) is 20.6. The predicted octanol–water partition coefficient (Wildman–Crippen LogP) is 6.13. The Morgan fingerprint density at radius 3 is 2.31 bits per heavy atom. The lowest BCUT2D eigenvalue weighted by Crippen LogP contribution is -2.11. The highest BCUT2D eigenvalue weighted by Gasteiger charge is 2.07. The summed E-state index contributed by atoms with van der Waals surface area (Å²) in [5.74, 6) is 0.688. The van der Waals surface area contributed by atoms with Gasteiger partial charge in [-0.1, -0.05) is 44.9 Å². The number of hydrogen-bond acceptors (Lipinski definition) is 3. The molecule has 150 valence electrons. The third kappa shape index (κ3) is 5.92. The molecule has 2 aromatic carbocycles. The standard InChI is InChI=1S/C25H28N2O2/c1-3-5-6-17-29-23-14-12-22(13-15-23)27-25(28)21-10-8-20(9-11-21)24-16-7-19(4-2)18-26-24/h7-16,18H,3-6,17H2,1-2H3,(H,27,28). The van der Waals surface area contributed by atoms with Gasteiger partial charge >= 0.3 is 0 Å². The van der Waals surface area contributed by atoms with Crippen LogP contribution in [-0.2, 0) is 6.42 Å². The van der Waals surface area contributed by atoms with Gasteiger partial charge in [-0.3, -0.25) is 9.78 Å². The Hall–Kier alpha value is -3.14. The Morgan fingerprint density at radius 2 is 1.69 bits per heavy atom. The van der Waals surface area contributed by atoms with Gasteiger partial charge in [0.2, 0.25) is 0 Å². The van der Waals surface area contributed by atoms with Crippen molar-refractivity contribution in [1.29, 1.82) is 0 Å². The van der Waals surface area contributed by atoms with Crippen molar-refractivity contribution < 1.29 is 9.53 Å². The number of carbonyl (C=O) groups is 1. The average molecular weight is 389 g/mol. The van der Waals surface area contributed by atoms with Crippen molar-refractivity contribution >= 4 is 11.6 Å². The minimum absolute atomic E-state index is 0.137. The number of amides is 1. The van der Waals surface area contributed by atoms with Gasteiger partial charge in [-0.05, 0) is 60.9 Å². The summed E-state index contributed by atoms with van der Waals surface area (Å²) in [6.45, 7) is 5.01. The first-order valence-electron chi connectivity index (χ1n) is 10.3. The molecular formula is C25H28N2O2. The first-order chi connectivity index (χ1) is 14.2. The SMILES string of the molecule is CCCCCOc1ccc(NC(=O)c2ccc(-c3ccc(CC)cn3)cc2)cc1. The second-order valence-electron chi connectivity index (χ2n) is 7.02. The fourth-order valence-corrected chi connectivity index (χ4v) is 2.98. The third-order valence-electron chi connectivity index (χ3n) is 4.80. The van der Waals surface area contributed by atoms with E-state index in [0.717, 1.165) is 42.1 Å². The molecule has 1 heterocycles. The quantitative estimate of drug-likeness (QED) is 0.448. The summed E-state index contributed by atoms with van der Waals surface area (Å²) in [5, 5.41) is 2.93. The minimum atomic E-state index is -0.137. The van der Waals surface area contributed by atoms with E-state index in [2.05, 4.69) is 30.2 Å². The normalized spacial score (nSPS) is 10.6. The van der Waals surface area contributed by atoms with Crippen molar-refractivity contribution in [3.8, 4) is 17.0 Å². The zero-order valence-corrected chi connectivity index (χ0v) is 17.2. The van der Waals surface area contributed by atoms with E-state index < -0.39 is 0 Å². The minimum Gasteiger partial charge on any atom is -0.494 e. The van der Waals surface area contributed by atoms with Gasteiger partial charge in [0.25, 0.3) is 5.91 Å². The number of anilines is 1. The number of hydrogen-bond donors (Lipinski definition) is 1. The molecule has 0 spiro atoms. The molecule has 0 saturated carbocycles. The van der Waals surface area contributed by atoms with Crippen LogP contribution in [0.2, 0.25) is 0 Å². The molecular weight excluding hydrogens is 360 g/mol. The maximum atomic E-state index is 12.5. The molecule has 1 amide bonds. The van der Waals surface area contributed by atoms with Gasteiger partial charge in [-0.15, -0.1) is 0 Å². The number of ether oxygens (including phenoxy) is 1. The maximum Gasteiger partial charge on any atom is 0.255 e. The summed E-state index contributed by atoms with van der Waals surface area (Å²) in [6, 6.07) is 19.1. The smallest absolute Gasteiger partial charge is 0.255 e. The molecule has 0 fully saturated rings. The second-order valence-corrected chi connectivity index (χ2v) is 7.02. The number of rotatable bonds is 9. The van der Waals surface area contributed by atoms with Gasteiger partial charge in [-0.25, -0.2) is 0 Å². The number of aromatic nitrogens is 1. The Labute approximate surface area is 173 Å². The van der Waals surface area contributed by atoms with Gasteiger partial charge in [0.1, 0.15) is 5.75 Å². The number of pyridine rings is 1. The third-order valence-corrected chi connectivity index (χ3v) is 4.80. The lowest BCUT2D eigenvalue weighted by Gasteiger charge is -2.09. The molecule has 29 heavy (non-hydrogen) atoms. The van der Waals surface area contributed by atoms with Crippen molar-refractivity contribution in [2.24, 2.45) is 0 Å². The van der Waals surface area contributed by atoms with Crippen molar-refractivity contribution in [2.45, 2.75) is 39.5 Å². The summed E-state index contributed by atoms with van der Waals surface area (Å²) < 4.78 is 5.70. The maximum absolute atomic E-state index is 12.5. The summed E-state index contributed by atoms with van der Waals surface area (Å²) in [5.41, 5.74) is 4.47. The number of nitrogens with zero attached hydrogens (tertiary/aromatic N) is 1. The number of nitrogens with one attached hydrogen (secondary N) is 1. The molecule has 3 aromatic rings. The zero-order chi connectivity index (χ0) is 20.5. The van der Waals surface area contributed by atoms with Crippen LogP contribution < -0.4 is 10.1 Å². The molecule has 3 rings (SSSR count). The molecule has 0 aliphatic rings. The van der Waals surface area contributed by atoms with E-state index in [9.17, 15) is 4.79 Å². The molecule has 4 heteroatoms. The van der Waals surface area contributed by atoms with E-state index >= 15 is 0 Å². The molecule has 4 nitrogen and oxygen atoms in total. The first-order valence-corrected chi connectivity index (χ1v) is 10.3. The van der Waals surface area contributed by atoms with Crippen molar-refractivity contribution in [2.75, 3.05) is 11.9 Å². The molecule has 0 radical (unpaired) electrons. The molecule has 0 saturated heterocycles. The van der Waals surface area contributed by atoms with Crippen LogP contribution in [0.1, 0.15) is 49.0 Å². The van der Waals surface area contributed by atoms with Crippen molar-refractivity contribution in [3.05, 3.63) is 78.0 Å². The second kappa shape index (κ2) is 10.4.